The molecule has 0 aliphatic rings. The van der Waals surface area contributed by atoms with Crippen LogP contribution in [-0.4, -0.2) is 11.1 Å². The van der Waals surface area contributed by atoms with Crippen molar-refractivity contribution >= 4 is 5.91 Å². The van der Waals surface area contributed by atoms with Crippen LogP contribution in [0.1, 0.15) is 53.9 Å². The van der Waals surface area contributed by atoms with Crippen molar-refractivity contribution in [3.63, 3.8) is 0 Å². The molecule has 0 spiro atoms. The molecule has 2 aromatic rings. The lowest BCUT2D eigenvalue weighted by Gasteiger charge is -2.26. The van der Waals surface area contributed by atoms with Gasteiger partial charge in [-0.15, -0.1) is 0 Å². The highest BCUT2D eigenvalue weighted by Crippen LogP contribution is 2.27. The van der Waals surface area contributed by atoms with Crippen LogP contribution in [-0.2, 0) is 12.0 Å². The Hall–Kier alpha value is -2.04. The van der Waals surface area contributed by atoms with Crippen LogP contribution in [0.5, 0.6) is 0 Å². The second-order valence-corrected chi connectivity index (χ2v) is 5.39. The van der Waals surface area contributed by atoms with Crippen LogP contribution in [0.3, 0.4) is 0 Å². The SMILES string of the molecule is CCc1occc1C(=O)NC(C)(C)c1c(C)noc1C. The van der Waals surface area contributed by atoms with Crippen molar-refractivity contribution in [2.24, 2.45) is 0 Å². The third-order valence-corrected chi connectivity index (χ3v) is 3.40. The van der Waals surface area contributed by atoms with Gasteiger partial charge in [-0.25, -0.2) is 0 Å². The Kier molecular flexibility index (Phi) is 3.70. The minimum absolute atomic E-state index is 0.152. The molecule has 0 aromatic carbocycles. The van der Waals surface area contributed by atoms with Crippen LogP contribution in [0.15, 0.2) is 21.3 Å². The zero-order chi connectivity index (χ0) is 14.9. The molecule has 0 radical (unpaired) electrons. The minimum atomic E-state index is -0.562. The van der Waals surface area contributed by atoms with E-state index in [0.717, 1.165) is 17.0 Å². The van der Waals surface area contributed by atoms with E-state index in [2.05, 4.69) is 10.5 Å². The topological polar surface area (TPSA) is 68.3 Å². The first-order valence-corrected chi connectivity index (χ1v) is 6.69. The van der Waals surface area contributed by atoms with Gasteiger partial charge in [-0.2, -0.15) is 0 Å². The molecule has 2 heterocycles. The van der Waals surface area contributed by atoms with Gasteiger partial charge in [0.05, 0.1) is 23.1 Å². The van der Waals surface area contributed by atoms with Crippen molar-refractivity contribution in [3.05, 3.63) is 40.7 Å². The lowest BCUT2D eigenvalue weighted by Crippen LogP contribution is -2.41. The molecule has 0 saturated carbocycles. The lowest BCUT2D eigenvalue weighted by molar-refractivity contribution is 0.0909. The first kappa shape index (κ1) is 14.4. The largest absolute Gasteiger partial charge is 0.469 e. The summed E-state index contributed by atoms with van der Waals surface area (Å²) in [7, 11) is 0. The van der Waals surface area contributed by atoms with Crippen molar-refractivity contribution in [2.45, 2.75) is 46.6 Å². The van der Waals surface area contributed by atoms with E-state index in [1.165, 1.54) is 6.26 Å². The highest BCUT2D eigenvalue weighted by atomic mass is 16.5. The fourth-order valence-electron chi connectivity index (χ4n) is 2.61. The van der Waals surface area contributed by atoms with Gasteiger partial charge in [0.1, 0.15) is 11.5 Å². The summed E-state index contributed by atoms with van der Waals surface area (Å²) in [5.74, 6) is 1.26. The van der Waals surface area contributed by atoms with E-state index in [4.69, 9.17) is 8.94 Å². The van der Waals surface area contributed by atoms with Crippen LogP contribution < -0.4 is 5.32 Å². The molecule has 108 valence electrons. The van der Waals surface area contributed by atoms with Gasteiger partial charge in [0.25, 0.3) is 5.91 Å². The second kappa shape index (κ2) is 5.15. The molecule has 2 aromatic heterocycles. The summed E-state index contributed by atoms with van der Waals surface area (Å²) in [5.41, 5.74) is 1.71. The van der Waals surface area contributed by atoms with Crippen molar-refractivity contribution in [1.82, 2.24) is 10.5 Å². The average molecular weight is 276 g/mol. The van der Waals surface area contributed by atoms with E-state index < -0.39 is 5.54 Å². The quantitative estimate of drug-likeness (QED) is 0.931. The van der Waals surface area contributed by atoms with Gasteiger partial charge in [0.2, 0.25) is 0 Å². The first-order valence-electron chi connectivity index (χ1n) is 6.69. The molecule has 0 bridgehead atoms. The maximum absolute atomic E-state index is 12.4. The maximum atomic E-state index is 12.4. The summed E-state index contributed by atoms with van der Waals surface area (Å²) >= 11 is 0. The molecule has 20 heavy (non-hydrogen) atoms. The zero-order valence-corrected chi connectivity index (χ0v) is 12.5. The van der Waals surface area contributed by atoms with E-state index >= 15 is 0 Å². The van der Waals surface area contributed by atoms with Gasteiger partial charge in [-0.3, -0.25) is 4.79 Å². The Labute approximate surface area is 118 Å². The number of aromatic nitrogens is 1. The van der Waals surface area contributed by atoms with Gasteiger partial charge < -0.3 is 14.3 Å². The average Bonchev–Trinajstić information content (AvgIpc) is 2.95. The number of hydrogen-bond donors (Lipinski definition) is 1. The number of rotatable bonds is 4. The van der Waals surface area contributed by atoms with Gasteiger partial charge >= 0.3 is 0 Å². The second-order valence-electron chi connectivity index (χ2n) is 5.39. The molecule has 0 aliphatic carbocycles. The van der Waals surface area contributed by atoms with Gasteiger partial charge in [-0.05, 0) is 33.8 Å². The minimum Gasteiger partial charge on any atom is -0.469 e. The number of hydrogen-bond acceptors (Lipinski definition) is 4. The number of carbonyl (C=O) groups is 1. The van der Waals surface area contributed by atoms with Gasteiger partial charge in [0, 0.05) is 12.0 Å². The Morgan fingerprint density at radius 1 is 1.40 bits per heavy atom. The van der Waals surface area contributed by atoms with E-state index in [1.54, 1.807) is 6.07 Å². The molecule has 5 heteroatoms. The Morgan fingerprint density at radius 2 is 2.10 bits per heavy atom. The third-order valence-electron chi connectivity index (χ3n) is 3.40. The van der Waals surface area contributed by atoms with Gasteiger partial charge in [0.15, 0.2) is 0 Å². The number of aryl methyl sites for hydroxylation is 3. The normalized spacial score (nSPS) is 11.7. The van der Waals surface area contributed by atoms with Crippen molar-refractivity contribution < 1.29 is 13.7 Å². The number of nitrogens with zero attached hydrogens (tertiary/aromatic N) is 1. The number of nitrogens with one attached hydrogen (secondary N) is 1. The molecular weight excluding hydrogens is 256 g/mol. The highest BCUT2D eigenvalue weighted by Gasteiger charge is 2.30. The predicted octanol–water partition coefficient (Wildman–Crippen LogP) is 3.11. The van der Waals surface area contributed by atoms with Crippen LogP contribution in [0.4, 0.5) is 0 Å². The predicted molar refractivity (Wildman–Crippen MR) is 74.6 cm³/mol. The van der Waals surface area contributed by atoms with Crippen LogP contribution in [0, 0.1) is 13.8 Å². The summed E-state index contributed by atoms with van der Waals surface area (Å²) < 4.78 is 10.5. The molecule has 0 aliphatic heterocycles. The molecule has 2 rings (SSSR count). The monoisotopic (exact) mass is 276 g/mol. The van der Waals surface area contributed by atoms with Gasteiger partial charge in [-0.1, -0.05) is 12.1 Å². The highest BCUT2D eigenvalue weighted by molar-refractivity contribution is 5.95. The summed E-state index contributed by atoms with van der Waals surface area (Å²) in [5, 5.41) is 6.96. The summed E-state index contributed by atoms with van der Waals surface area (Å²) in [6, 6.07) is 1.69. The van der Waals surface area contributed by atoms with Crippen molar-refractivity contribution in [2.75, 3.05) is 0 Å². The molecule has 1 N–H and O–H groups in total. The summed E-state index contributed by atoms with van der Waals surface area (Å²) in [4.78, 5) is 12.4. The Morgan fingerprint density at radius 3 is 2.65 bits per heavy atom. The van der Waals surface area contributed by atoms with Crippen LogP contribution in [0.25, 0.3) is 0 Å². The zero-order valence-electron chi connectivity index (χ0n) is 12.5. The van der Waals surface area contributed by atoms with Crippen LogP contribution >= 0.6 is 0 Å². The number of carbonyl (C=O) groups excluding carboxylic acids is 1. The van der Waals surface area contributed by atoms with Crippen LogP contribution in [0.2, 0.25) is 0 Å². The van der Waals surface area contributed by atoms with Crippen molar-refractivity contribution in [3.8, 4) is 0 Å². The van der Waals surface area contributed by atoms with E-state index in [9.17, 15) is 4.79 Å². The molecule has 5 nitrogen and oxygen atoms in total. The smallest absolute Gasteiger partial charge is 0.255 e. The van der Waals surface area contributed by atoms with E-state index in [1.807, 2.05) is 34.6 Å². The first-order chi connectivity index (χ1) is 9.36. The third kappa shape index (κ3) is 2.48. The molecule has 0 unspecified atom stereocenters. The molecular formula is C15H20N2O3. The summed E-state index contributed by atoms with van der Waals surface area (Å²) in [6.07, 6.45) is 2.22. The molecule has 0 atom stereocenters. The Balaban J connectivity index is 2.27. The maximum Gasteiger partial charge on any atom is 0.255 e. The number of amides is 1. The van der Waals surface area contributed by atoms with Crippen molar-refractivity contribution in [1.29, 1.82) is 0 Å². The van der Waals surface area contributed by atoms with E-state index in [-0.39, 0.29) is 5.91 Å². The molecule has 0 saturated heterocycles. The fourth-order valence-corrected chi connectivity index (χ4v) is 2.61. The molecule has 0 fully saturated rings. The molecule has 1 amide bonds. The fraction of sp³-hybridized carbons (Fsp3) is 0.467. The van der Waals surface area contributed by atoms with E-state index in [0.29, 0.717) is 17.7 Å². The summed E-state index contributed by atoms with van der Waals surface area (Å²) in [6.45, 7) is 9.54. The standard InChI is InChI=1S/C15H20N2O3/c1-6-12-11(7-8-19-12)14(18)16-15(4,5)13-9(2)17-20-10(13)3/h7-8H,6H2,1-5H3,(H,16,18). The Bertz CT molecular complexity index is 603. The lowest BCUT2D eigenvalue weighted by atomic mass is 9.92. The number of furan rings is 1.